The van der Waals surface area contributed by atoms with Crippen molar-refractivity contribution >= 4 is 34.3 Å². The van der Waals surface area contributed by atoms with E-state index in [9.17, 15) is 14.1 Å². The third-order valence-electron chi connectivity index (χ3n) is 2.56. The molecule has 7 nitrogen and oxygen atoms in total. The van der Waals surface area contributed by atoms with Crippen LogP contribution in [-0.2, 0) is 16.0 Å². The second-order valence-electron chi connectivity index (χ2n) is 4.48. The maximum Gasteiger partial charge on any atom is 0.357 e. The molecular formula is C12H18N2O5S2. The number of carbonyl (C=O) groups excluding carboxylic acids is 1. The van der Waals surface area contributed by atoms with Gasteiger partial charge in [0.05, 0.1) is 6.61 Å². The molecule has 0 radical (unpaired) electrons. The third kappa shape index (κ3) is 5.62. The Bertz CT molecular complexity index is 542. The van der Waals surface area contributed by atoms with Gasteiger partial charge in [0.1, 0.15) is 11.1 Å². The quantitative estimate of drug-likeness (QED) is 0.448. The summed E-state index contributed by atoms with van der Waals surface area (Å²) >= 11 is -1.18. The second kappa shape index (κ2) is 8.32. The van der Waals surface area contributed by atoms with Gasteiger partial charge in [-0.05, 0) is 12.8 Å². The highest BCUT2D eigenvalue weighted by molar-refractivity contribution is 7.78. The van der Waals surface area contributed by atoms with Crippen LogP contribution < -0.4 is 0 Å². The number of esters is 1. The first-order valence-electron chi connectivity index (χ1n) is 6.34. The van der Waals surface area contributed by atoms with Crippen LogP contribution in [0.25, 0.3) is 0 Å². The highest BCUT2D eigenvalue weighted by Crippen LogP contribution is 2.23. The van der Waals surface area contributed by atoms with Gasteiger partial charge in [0.2, 0.25) is 0 Å². The van der Waals surface area contributed by atoms with Crippen LogP contribution in [0, 0.1) is 5.92 Å². The van der Waals surface area contributed by atoms with E-state index >= 15 is 0 Å². The summed E-state index contributed by atoms with van der Waals surface area (Å²) in [5.74, 6) is -0.623. The van der Waals surface area contributed by atoms with Crippen molar-refractivity contribution in [2.45, 2.75) is 33.3 Å². The van der Waals surface area contributed by atoms with Crippen LogP contribution >= 0.6 is 11.3 Å². The van der Waals surface area contributed by atoms with Gasteiger partial charge in [-0.3, -0.25) is 4.55 Å². The minimum absolute atomic E-state index is 0.0831. The Morgan fingerprint density at radius 3 is 2.76 bits per heavy atom. The lowest BCUT2D eigenvalue weighted by Gasteiger charge is -2.12. The van der Waals surface area contributed by atoms with Gasteiger partial charge in [0, 0.05) is 17.5 Å². The lowest BCUT2D eigenvalue weighted by molar-refractivity contribution is 0.0519. The molecule has 0 aromatic carbocycles. The normalized spacial score (nSPS) is 15.0. The maximum atomic E-state index is 11.5. The molecule has 1 heterocycles. The van der Waals surface area contributed by atoms with E-state index in [1.165, 1.54) is 5.38 Å². The van der Waals surface area contributed by atoms with Gasteiger partial charge in [-0.1, -0.05) is 13.8 Å². The van der Waals surface area contributed by atoms with Crippen molar-refractivity contribution in [3.8, 4) is 0 Å². The molecule has 118 valence electrons. The molecule has 1 aromatic rings. The summed E-state index contributed by atoms with van der Waals surface area (Å²) in [6, 6.07) is 0. The Balaban J connectivity index is 2.81. The molecule has 0 aliphatic heterocycles. The molecule has 2 atom stereocenters. The van der Waals surface area contributed by atoms with E-state index in [2.05, 4.69) is 9.38 Å². The molecule has 0 saturated carbocycles. The average molecular weight is 334 g/mol. The van der Waals surface area contributed by atoms with Crippen LogP contribution in [0.15, 0.2) is 9.78 Å². The van der Waals surface area contributed by atoms with Crippen molar-refractivity contribution in [2.75, 3.05) is 6.61 Å². The van der Waals surface area contributed by atoms with Gasteiger partial charge in [-0.2, -0.15) is 4.40 Å². The number of aliphatic hydroxyl groups is 1. The summed E-state index contributed by atoms with van der Waals surface area (Å²) in [4.78, 5) is 15.5. The van der Waals surface area contributed by atoms with Gasteiger partial charge >= 0.3 is 5.97 Å². The molecule has 9 heteroatoms. The molecule has 0 aliphatic rings. The van der Waals surface area contributed by atoms with Crippen molar-refractivity contribution in [1.29, 1.82) is 0 Å². The first kappa shape index (κ1) is 17.9. The van der Waals surface area contributed by atoms with Crippen LogP contribution in [-0.4, -0.2) is 37.1 Å². The van der Waals surface area contributed by atoms with E-state index < -0.39 is 23.3 Å². The Hall–Kier alpha value is -1.16. The van der Waals surface area contributed by atoms with Crippen molar-refractivity contribution in [1.82, 2.24) is 4.98 Å². The fraction of sp³-hybridized carbons (Fsp3) is 0.583. The summed E-state index contributed by atoms with van der Waals surface area (Å²) in [6.45, 7) is 5.57. The van der Waals surface area contributed by atoms with E-state index in [1.807, 2.05) is 13.8 Å². The Morgan fingerprint density at radius 2 is 2.24 bits per heavy atom. The lowest BCUT2D eigenvalue weighted by Crippen LogP contribution is -2.14. The number of nitrogens with zero attached hydrogens (tertiary/aromatic N) is 2. The van der Waals surface area contributed by atoms with Gasteiger partial charge in [-0.25, -0.2) is 14.0 Å². The maximum absolute atomic E-state index is 11.5. The number of hydrogen-bond acceptors (Lipinski definition) is 6. The Labute approximate surface area is 129 Å². The standard InChI is InChI=1S/C12H18N2O5S2/c1-4-19-12(16)9-6-20-11(13-9)10(15)5-8(7(2)3)14-21(17)18/h6-7,10,15H,4-5H2,1-3H3,(H,17,18)/t10-/m1/s1. The Morgan fingerprint density at radius 1 is 1.57 bits per heavy atom. The summed E-state index contributed by atoms with van der Waals surface area (Å²) in [7, 11) is 0. The van der Waals surface area contributed by atoms with Gasteiger partial charge < -0.3 is 9.84 Å². The summed E-state index contributed by atoms with van der Waals surface area (Å²) in [6.07, 6.45) is -0.900. The zero-order valence-electron chi connectivity index (χ0n) is 12.0. The topological polar surface area (TPSA) is 109 Å². The number of carbonyl (C=O) groups is 1. The molecule has 1 rings (SSSR count). The zero-order valence-corrected chi connectivity index (χ0v) is 13.6. The summed E-state index contributed by atoms with van der Waals surface area (Å²) < 4.78 is 28.0. The fourth-order valence-electron chi connectivity index (χ4n) is 1.50. The van der Waals surface area contributed by atoms with Crippen molar-refractivity contribution in [3.05, 3.63) is 16.1 Å². The van der Waals surface area contributed by atoms with E-state index in [-0.39, 0.29) is 24.6 Å². The molecule has 0 aliphatic carbocycles. The minimum Gasteiger partial charge on any atom is -0.461 e. The number of thiazole rings is 1. The van der Waals surface area contributed by atoms with Gasteiger partial charge in [-0.15, -0.1) is 11.3 Å². The van der Waals surface area contributed by atoms with Crippen molar-refractivity contribution in [3.63, 3.8) is 0 Å². The zero-order chi connectivity index (χ0) is 16.0. The number of hydrogen-bond donors (Lipinski definition) is 2. The number of rotatable bonds is 7. The molecule has 2 N–H and O–H groups in total. The van der Waals surface area contributed by atoms with Crippen LogP contribution in [0.4, 0.5) is 0 Å². The molecule has 1 unspecified atom stereocenters. The van der Waals surface area contributed by atoms with Crippen LogP contribution in [0.2, 0.25) is 0 Å². The van der Waals surface area contributed by atoms with Gasteiger partial charge in [0.25, 0.3) is 11.3 Å². The van der Waals surface area contributed by atoms with E-state index in [0.717, 1.165) is 11.3 Å². The smallest absolute Gasteiger partial charge is 0.357 e. The molecule has 0 bridgehead atoms. The summed E-state index contributed by atoms with van der Waals surface area (Å²) in [5.41, 5.74) is 0.556. The number of ether oxygens (including phenoxy) is 1. The lowest BCUT2D eigenvalue weighted by atomic mass is 10.0. The molecule has 21 heavy (non-hydrogen) atoms. The molecule has 0 saturated heterocycles. The SMILES string of the molecule is CCOC(=O)c1csc([C@H](O)CC(=NS(=O)O)C(C)C)n1. The number of aromatic nitrogens is 1. The monoisotopic (exact) mass is 334 g/mol. The fourth-order valence-corrected chi connectivity index (χ4v) is 2.76. The molecular weight excluding hydrogens is 316 g/mol. The first-order chi connectivity index (χ1) is 9.85. The molecule has 0 amide bonds. The van der Waals surface area contributed by atoms with Crippen LogP contribution in [0.5, 0.6) is 0 Å². The molecule has 1 aromatic heterocycles. The first-order valence-corrected chi connectivity index (χ1v) is 8.28. The average Bonchev–Trinajstić information content (AvgIpc) is 2.87. The predicted molar refractivity (Wildman–Crippen MR) is 80.7 cm³/mol. The Kier molecular flexibility index (Phi) is 7.09. The predicted octanol–water partition coefficient (Wildman–Crippen LogP) is 1.98. The summed E-state index contributed by atoms with van der Waals surface area (Å²) in [5, 5.41) is 12.0. The van der Waals surface area contributed by atoms with Crippen molar-refractivity contribution < 1.29 is 23.4 Å². The van der Waals surface area contributed by atoms with E-state index in [1.54, 1.807) is 6.92 Å². The molecule has 0 spiro atoms. The highest BCUT2D eigenvalue weighted by atomic mass is 32.2. The van der Waals surface area contributed by atoms with Crippen LogP contribution in [0.3, 0.4) is 0 Å². The largest absolute Gasteiger partial charge is 0.461 e. The van der Waals surface area contributed by atoms with E-state index in [4.69, 9.17) is 9.29 Å². The van der Waals surface area contributed by atoms with Gasteiger partial charge in [0.15, 0.2) is 5.69 Å². The van der Waals surface area contributed by atoms with Crippen molar-refractivity contribution in [2.24, 2.45) is 10.3 Å². The van der Waals surface area contributed by atoms with Crippen LogP contribution in [0.1, 0.15) is 48.8 Å². The minimum atomic E-state index is -2.31. The number of aliphatic hydroxyl groups excluding tert-OH is 1. The van der Waals surface area contributed by atoms with E-state index in [0.29, 0.717) is 10.7 Å². The third-order valence-corrected chi connectivity index (χ3v) is 3.89. The second-order valence-corrected chi connectivity index (χ2v) is 6.01. The highest BCUT2D eigenvalue weighted by Gasteiger charge is 2.20. The molecule has 0 fully saturated rings.